The molecule has 30 heavy (non-hydrogen) atoms. The molecule has 1 N–H and O–H groups in total. The molecular formula is C22H28N2O5S. The van der Waals surface area contributed by atoms with Gasteiger partial charge in [0.15, 0.2) is 0 Å². The van der Waals surface area contributed by atoms with E-state index in [-0.39, 0.29) is 17.7 Å². The third kappa shape index (κ3) is 5.24. The first-order valence-corrected chi connectivity index (χ1v) is 11.6. The van der Waals surface area contributed by atoms with Gasteiger partial charge in [0.2, 0.25) is 10.0 Å². The molecule has 0 aliphatic carbocycles. The van der Waals surface area contributed by atoms with Crippen LogP contribution in [0.2, 0.25) is 0 Å². The number of rotatable bonds is 7. The number of carbonyl (C=O) groups excluding carboxylic acids is 1. The summed E-state index contributed by atoms with van der Waals surface area (Å²) in [5.41, 5.74) is 1.82. The summed E-state index contributed by atoms with van der Waals surface area (Å²) in [6.07, 6.45) is 1.48. The van der Waals surface area contributed by atoms with Crippen molar-refractivity contribution < 1.29 is 22.7 Å². The lowest BCUT2D eigenvalue weighted by Gasteiger charge is -2.29. The van der Waals surface area contributed by atoms with Crippen LogP contribution in [0.3, 0.4) is 0 Å². The van der Waals surface area contributed by atoms with Crippen LogP contribution in [0.15, 0.2) is 42.5 Å². The van der Waals surface area contributed by atoms with Crippen LogP contribution in [0, 0.1) is 6.92 Å². The second-order valence-electron chi connectivity index (χ2n) is 7.46. The van der Waals surface area contributed by atoms with Crippen LogP contribution in [0.4, 0.5) is 5.69 Å². The maximum atomic E-state index is 12.7. The highest BCUT2D eigenvalue weighted by molar-refractivity contribution is 7.92. The lowest BCUT2D eigenvalue weighted by Crippen LogP contribution is -2.39. The zero-order valence-electron chi connectivity index (χ0n) is 17.6. The second-order valence-corrected chi connectivity index (χ2v) is 9.47. The molecule has 162 valence electrons. The van der Waals surface area contributed by atoms with Gasteiger partial charge in [-0.05, 0) is 68.7 Å². The first kappa shape index (κ1) is 22.0. The number of amides is 1. The predicted molar refractivity (Wildman–Crippen MR) is 117 cm³/mol. The highest BCUT2D eigenvalue weighted by Crippen LogP contribution is 2.28. The van der Waals surface area contributed by atoms with Gasteiger partial charge in [0.25, 0.3) is 5.91 Å². The van der Waals surface area contributed by atoms with Crippen LogP contribution in [-0.2, 0) is 10.0 Å². The highest BCUT2D eigenvalue weighted by atomic mass is 32.2. The summed E-state index contributed by atoms with van der Waals surface area (Å²) in [6, 6.07) is 12.1. The van der Waals surface area contributed by atoms with E-state index in [1.807, 2.05) is 13.8 Å². The van der Waals surface area contributed by atoms with E-state index in [4.69, 9.17) is 9.47 Å². The molecule has 7 nitrogen and oxygen atoms in total. The smallest absolute Gasteiger partial charge is 0.251 e. The van der Waals surface area contributed by atoms with Crippen molar-refractivity contribution in [3.63, 3.8) is 0 Å². The summed E-state index contributed by atoms with van der Waals surface area (Å²) >= 11 is 0. The molecule has 1 heterocycles. The molecule has 1 amide bonds. The quantitative estimate of drug-likeness (QED) is 0.727. The SMILES string of the molecule is COc1ccc(OC[C@@H](C)NC(=O)c2ccc(C)c(N3CCCCS3(=O)=O)c2)cc1. The van der Waals surface area contributed by atoms with Gasteiger partial charge >= 0.3 is 0 Å². The minimum atomic E-state index is -3.34. The van der Waals surface area contributed by atoms with Gasteiger partial charge in [0.1, 0.15) is 18.1 Å². The number of hydrogen-bond acceptors (Lipinski definition) is 5. The lowest BCUT2D eigenvalue weighted by molar-refractivity contribution is 0.0926. The summed E-state index contributed by atoms with van der Waals surface area (Å²) in [6.45, 7) is 4.45. The number of nitrogens with one attached hydrogen (secondary N) is 1. The first-order valence-electron chi connectivity index (χ1n) is 9.99. The number of benzene rings is 2. The molecule has 2 aromatic carbocycles. The normalized spacial score (nSPS) is 16.6. The van der Waals surface area contributed by atoms with E-state index < -0.39 is 10.0 Å². The Morgan fingerprint density at radius 2 is 1.83 bits per heavy atom. The Labute approximate surface area is 178 Å². The van der Waals surface area contributed by atoms with Crippen molar-refractivity contribution in [2.45, 2.75) is 32.7 Å². The highest BCUT2D eigenvalue weighted by Gasteiger charge is 2.27. The predicted octanol–water partition coefficient (Wildman–Crippen LogP) is 3.13. The molecule has 1 aliphatic rings. The van der Waals surface area contributed by atoms with Crippen molar-refractivity contribution in [1.29, 1.82) is 0 Å². The molecule has 3 rings (SSSR count). The van der Waals surface area contributed by atoms with E-state index in [2.05, 4.69) is 5.32 Å². The Kier molecular flexibility index (Phi) is 6.87. The number of anilines is 1. The van der Waals surface area contributed by atoms with Crippen LogP contribution in [0.1, 0.15) is 35.7 Å². The van der Waals surface area contributed by atoms with Crippen molar-refractivity contribution >= 4 is 21.6 Å². The van der Waals surface area contributed by atoms with Crippen molar-refractivity contribution in [2.75, 3.05) is 30.3 Å². The summed E-state index contributed by atoms with van der Waals surface area (Å²) in [7, 11) is -1.73. The standard InChI is InChI=1S/C22H28N2O5S/c1-16-6-7-18(14-21(16)24-12-4-5-13-30(24,26)27)22(25)23-17(2)15-29-20-10-8-19(28-3)9-11-20/h6-11,14,17H,4-5,12-13,15H2,1-3H3,(H,23,25)/t17-/m1/s1. The van der Waals surface area contributed by atoms with E-state index in [1.54, 1.807) is 49.6 Å². The molecule has 0 saturated carbocycles. The largest absolute Gasteiger partial charge is 0.497 e. The summed E-state index contributed by atoms with van der Waals surface area (Å²) in [5, 5.41) is 2.90. The molecule has 1 atom stereocenters. The Morgan fingerprint density at radius 3 is 2.50 bits per heavy atom. The zero-order valence-corrected chi connectivity index (χ0v) is 18.4. The number of hydrogen-bond donors (Lipinski definition) is 1. The first-order chi connectivity index (χ1) is 14.3. The molecule has 0 aromatic heterocycles. The molecule has 1 saturated heterocycles. The van der Waals surface area contributed by atoms with Crippen molar-refractivity contribution in [3.8, 4) is 11.5 Å². The number of methoxy groups -OCH3 is 1. The lowest BCUT2D eigenvalue weighted by atomic mass is 10.1. The third-order valence-electron chi connectivity index (χ3n) is 5.03. The number of carbonyl (C=O) groups is 1. The zero-order chi connectivity index (χ0) is 21.7. The number of ether oxygens (including phenoxy) is 2. The van der Waals surface area contributed by atoms with E-state index in [0.717, 1.165) is 17.7 Å². The molecular weight excluding hydrogens is 404 g/mol. The average molecular weight is 433 g/mol. The second kappa shape index (κ2) is 9.38. The van der Waals surface area contributed by atoms with Gasteiger partial charge in [-0.3, -0.25) is 9.10 Å². The Bertz CT molecular complexity index is 989. The van der Waals surface area contributed by atoms with E-state index in [1.165, 1.54) is 4.31 Å². The van der Waals surface area contributed by atoms with Crippen molar-refractivity contribution in [3.05, 3.63) is 53.6 Å². The molecule has 1 fully saturated rings. The molecule has 0 unspecified atom stereocenters. The van der Waals surface area contributed by atoms with Crippen molar-refractivity contribution in [2.24, 2.45) is 0 Å². The van der Waals surface area contributed by atoms with Gasteiger partial charge in [-0.2, -0.15) is 0 Å². The summed E-state index contributed by atoms with van der Waals surface area (Å²) in [4.78, 5) is 12.7. The molecule has 8 heteroatoms. The van der Waals surface area contributed by atoms with Gasteiger partial charge < -0.3 is 14.8 Å². The van der Waals surface area contributed by atoms with E-state index >= 15 is 0 Å². The van der Waals surface area contributed by atoms with Crippen LogP contribution < -0.4 is 19.1 Å². The maximum Gasteiger partial charge on any atom is 0.251 e. The van der Waals surface area contributed by atoms with Gasteiger partial charge in [-0.1, -0.05) is 6.07 Å². The Balaban J connectivity index is 1.64. The van der Waals surface area contributed by atoms with Crippen LogP contribution >= 0.6 is 0 Å². The maximum absolute atomic E-state index is 12.7. The fourth-order valence-electron chi connectivity index (χ4n) is 3.32. The monoisotopic (exact) mass is 432 g/mol. The topological polar surface area (TPSA) is 84.9 Å². The average Bonchev–Trinajstić information content (AvgIpc) is 2.73. The Morgan fingerprint density at radius 1 is 1.13 bits per heavy atom. The van der Waals surface area contributed by atoms with Gasteiger partial charge in [0.05, 0.1) is 24.6 Å². The summed E-state index contributed by atoms with van der Waals surface area (Å²) < 4.78 is 37.2. The molecule has 0 bridgehead atoms. The van der Waals surface area contributed by atoms with Gasteiger partial charge in [-0.25, -0.2) is 8.42 Å². The van der Waals surface area contributed by atoms with Gasteiger partial charge in [0, 0.05) is 12.1 Å². The molecule has 0 spiro atoms. The number of sulfonamides is 1. The van der Waals surface area contributed by atoms with Crippen molar-refractivity contribution in [1.82, 2.24) is 5.32 Å². The van der Waals surface area contributed by atoms with Crippen LogP contribution in [-0.4, -0.2) is 46.4 Å². The van der Waals surface area contributed by atoms with Gasteiger partial charge in [-0.15, -0.1) is 0 Å². The minimum absolute atomic E-state index is 0.141. The molecule has 2 aromatic rings. The molecule has 1 aliphatic heterocycles. The minimum Gasteiger partial charge on any atom is -0.497 e. The van der Waals surface area contributed by atoms with E-state index in [9.17, 15) is 13.2 Å². The van der Waals surface area contributed by atoms with Crippen LogP contribution in [0.25, 0.3) is 0 Å². The third-order valence-corrected chi connectivity index (χ3v) is 6.88. The summed E-state index contributed by atoms with van der Waals surface area (Å²) in [5.74, 6) is 1.30. The number of aryl methyl sites for hydroxylation is 1. The van der Waals surface area contributed by atoms with Crippen LogP contribution in [0.5, 0.6) is 11.5 Å². The number of nitrogens with zero attached hydrogens (tertiary/aromatic N) is 1. The fourth-order valence-corrected chi connectivity index (χ4v) is 5.01. The Hall–Kier alpha value is -2.74. The van der Waals surface area contributed by atoms with E-state index in [0.29, 0.717) is 36.6 Å². The molecule has 0 radical (unpaired) electrons. The fraction of sp³-hybridized carbons (Fsp3) is 0.409.